The van der Waals surface area contributed by atoms with Gasteiger partial charge in [-0.1, -0.05) is 36.3 Å². The Bertz CT molecular complexity index is 373. The summed E-state index contributed by atoms with van der Waals surface area (Å²) in [5.74, 6) is 5.83. The summed E-state index contributed by atoms with van der Waals surface area (Å²) in [6, 6.07) is 9.86. The fourth-order valence-electron chi connectivity index (χ4n) is 1.70. The molecule has 1 aromatic carbocycles. The molecule has 2 nitrogen and oxygen atoms in total. The minimum Gasteiger partial charge on any atom is -0.368 e. The molecule has 16 heavy (non-hydrogen) atoms. The first kappa shape index (κ1) is 12.5. The smallest absolute Gasteiger partial charge is 0.125 e. The minimum atomic E-state index is -0.224. The zero-order valence-corrected chi connectivity index (χ0v) is 9.64. The van der Waals surface area contributed by atoms with Crippen LogP contribution in [0.2, 0.25) is 0 Å². The van der Waals surface area contributed by atoms with E-state index in [9.17, 15) is 4.79 Å². The molecule has 1 rings (SSSR count). The van der Waals surface area contributed by atoms with E-state index in [0.717, 1.165) is 11.8 Å². The highest BCUT2D eigenvalue weighted by molar-refractivity contribution is 5.52. The van der Waals surface area contributed by atoms with Crippen LogP contribution in [0, 0.1) is 11.8 Å². The first-order chi connectivity index (χ1) is 7.83. The van der Waals surface area contributed by atoms with Gasteiger partial charge in [0, 0.05) is 19.4 Å². The summed E-state index contributed by atoms with van der Waals surface area (Å²) in [4.78, 5) is 10.7. The predicted molar refractivity (Wildman–Crippen MR) is 64.1 cm³/mol. The Morgan fingerprint density at radius 3 is 2.56 bits per heavy atom. The second-order valence-electron chi connectivity index (χ2n) is 3.47. The lowest BCUT2D eigenvalue weighted by Gasteiger charge is -2.20. The molecular weight excluding hydrogens is 200 g/mol. The van der Waals surface area contributed by atoms with Crippen molar-refractivity contribution in [2.75, 3.05) is 7.11 Å². The molecular formula is C14H16O2. The third kappa shape index (κ3) is 3.22. The van der Waals surface area contributed by atoms with Crippen LogP contribution < -0.4 is 0 Å². The zero-order chi connectivity index (χ0) is 11.8. The van der Waals surface area contributed by atoms with Crippen LogP contribution in [0.5, 0.6) is 0 Å². The van der Waals surface area contributed by atoms with E-state index in [4.69, 9.17) is 4.74 Å². The number of ether oxygens (including phenoxy) is 1. The molecule has 1 aromatic rings. The van der Waals surface area contributed by atoms with Crippen LogP contribution in [-0.2, 0) is 9.53 Å². The van der Waals surface area contributed by atoms with Gasteiger partial charge < -0.3 is 9.53 Å². The van der Waals surface area contributed by atoms with Gasteiger partial charge in [-0.15, -0.1) is 5.92 Å². The van der Waals surface area contributed by atoms with Crippen molar-refractivity contribution < 1.29 is 9.53 Å². The number of hydrogen-bond donors (Lipinski definition) is 0. The van der Waals surface area contributed by atoms with Crippen LogP contribution in [0.4, 0.5) is 0 Å². The Labute approximate surface area is 96.6 Å². The van der Waals surface area contributed by atoms with Crippen molar-refractivity contribution in [3.63, 3.8) is 0 Å². The van der Waals surface area contributed by atoms with Crippen LogP contribution in [0.25, 0.3) is 0 Å². The highest BCUT2D eigenvalue weighted by Gasteiger charge is 2.20. The van der Waals surface area contributed by atoms with Gasteiger partial charge in [0.2, 0.25) is 0 Å². The van der Waals surface area contributed by atoms with E-state index >= 15 is 0 Å². The van der Waals surface area contributed by atoms with Gasteiger partial charge in [-0.25, -0.2) is 0 Å². The van der Waals surface area contributed by atoms with Gasteiger partial charge in [-0.2, -0.15) is 0 Å². The fourth-order valence-corrected chi connectivity index (χ4v) is 1.70. The Hall–Kier alpha value is -1.59. The molecule has 2 unspecified atom stereocenters. The van der Waals surface area contributed by atoms with E-state index in [1.807, 2.05) is 30.3 Å². The zero-order valence-electron chi connectivity index (χ0n) is 9.64. The maximum absolute atomic E-state index is 10.7. The number of rotatable bonds is 5. The lowest BCUT2D eigenvalue weighted by atomic mass is 9.91. The summed E-state index contributed by atoms with van der Waals surface area (Å²) in [5, 5.41) is 0. The van der Waals surface area contributed by atoms with Crippen molar-refractivity contribution >= 4 is 6.29 Å². The lowest BCUT2D eigenvalue weighted by molar-refractivity contribution is -0.108. The van der Waals surface area contributed by atoms with E-state index in [1.165, 1.54) is 0 Å². The van der Waals surface area contributed by atoms with Crippen molar-refractivity contribution in [2.45, 2.75) is 25.4 Å². The van der Waals surface area contributed by atoms with Gasteiger partial charge in [0.1, 0.15) is 12.4 Å². The average molecular weight is 216 g/mol. The molecule has 0 bridgehead atoms. The summed E-state index contributed by atoms with van der Waals surface area (Å²) in [6.45, 7) is 1.77. The van der Waals surface area contributed by atoms with Crippen molar-refractivity contribution in [3.05, 3.63) is 35.9 Å². The largest absolute Gasteiger partial charge is 0.368 e. The molecule has 0 aliphatic rings. The second kappa shape index (κ2) is 6.81. The van der Waals surface area contributed by atoms with E-state index < -0.39 is 0 Å². The normalized spacial score (nSPS) is 13.4. The van der Waals surface area contributed by atoms with Gasteiger partial charge in [-0.05, 0) is 12.5 Å². The third-order valence-corrected chi connectivity index (χ3v) is 2.48. The van der Waals surface area contributed by atoms with Crippen molar-refractivity contribution in [1.82, 2.24) is 0 Å². The highest BCUT2D eigenvalue weighted by Crippen LogP contribution is 2.24. The van der Waals surface area contributed by atoms with E-state index in [1.54, 1.807) is 14.0 Å². The summed E-state index contributed by atoms with van der Waals surface area (Å²) in [5.41, 5.74) is 1.09. The summed E-state index contributed by atoms with van der Waals surface area (Å²) >= 11 is 0. The quantitative estimate of drug-likeness (QED) is 0.558. The molecule has 0 spiro atoms. The molecule has 0 amide bonds. The molecule has 0 saturated carbocycles. The molecule has 0 aromatic heterocycles. The van der Waals surface area contributed by atoms with Crippen LogP contribution in [0.1, 0.15) is 24.8 Å². The SMILES string of the molecule is CC#CC(OC)C(CC=O)c1ccccc1. The number of carbonyl (C=O) groups is 1. The first-order valence-corrected chi connectivity index (χ1v) is 5.27. The summed E-state index contributed by atoms with van der Waals surface area (Å²) < 4.78 is 5.33. The van der Waals surface area contributed by atoms with Gasteiger partial charge in [-0.3, -0.25) is 0 Å². The Balaban J connectivity index is 2.96. The van der Waals surface area contributed by atoms with Gasteiger partial charge in [0.15, 0.2) is 0 Å². The molecule has 0 fully saturated rings. The molecule has 0 saturated heterocycles. The third-order valence-electron chi connectivity index (χ3n) is 2.48. The minimum absolute atomic E-state index is 0.0103. The molecule has 0 heterocycles. The van der Waals surface area contributed by atoms with E-state index in [-0.39, 0.29) is 12.0 Å². The number of aldehydes is 1. The maximum atomic E-state index is 10.7. The summed E-state index contributed by atoms with van der Waals surface area (Å²) in [7, 11) is 1.62. The molecule has 0 aliphatic heterocycles. The van der Waals surface area contributed by atoms with Crippen LogP contribution in [-0.4, -0.2) is 19.5 Å². The Kier molecular flexibility index (Phi) is 5.31. The topological polar surface area (TPSA) is 26.3 Å². The highest BCUT2D eigenvalue weighted by atomic mass is 16.5. The molecule has 2 atom stereocenters. The van der Waals surface area contributed by atoms with Gasteiger partial charge >= 0.3 is 0 Å². The van der Waals surface area contributed by atoms with Gasteiger partial charge in [0.25, 0.3) is 0 Å². The number of hydrogen-bond acceptors (Lipinski definition) is 2. The molecule has 84 valence electrons. The van der Waals surface area contributed by atoms with Crippen molar-refractivity contribution in [2.24, 2.45) is 0 Å². The molecule has 0 aliphatic carbocycles. The van der Waals surface area contributed by atoms with Crippen molar-refractivity contribution in [1.29, 1.82) is 0 Å². The fraction of sp³-hybridized carbons (Fsp3) is 0.357. The second-order valence-corrected chi connectivity index (χ2v) is 3.47. The van der Waals surface area contributed by atoms with Crippen LogP contribution in [0.15, 0.2) is 30.3 Å². The molecule has 0 N–H and O–H groups in total. The first-order valence-electron chi connectivity index (χ1n) is 5.27. The van der Waals surface area contributed by atoms with Gasteiger partial charge in [0.05, 0.1) is 0 Å². The number of methoxy groups -OCH3 is 1. The van der Waals surface area contributed by atoms with Crippen LogP contribution in [0.3, 0.4) is 0 Å². The Morgan fingerprint density at radius 2 is 2.06 bits per heavy atom. The van der Waals surface area contributed by atoms with Crippen molar-refractivity contribution in [3.8, 4) is 11.8 Å². The predicted octanol–water partition coefficient (Wildman–Crippen LogP) is 2.40. The molecule has 0 radical (unpaired) electrons. The number of carbonyl (C=O) groups excluding carboxylic acids is 1. The Morgan fingerprint density at radius 1 is 1.38 bits per heavy atom. The van der Waals surface area contributed by atoms with E-state index in [2.05, 4.69) is 11.8 Å². The number of benzene rings is 1. The lowest BCUT2D eigenvalue weighted by Crippen LogP contribution is -2.19. The van der Waals surface area contributed by atoms with E-state index in [0.29, 0.717) is 6.42 Å². The van der Waals surface area contributed by atoms with Crippen LogP contribution >= 0.6 is 0 Å². The average Bonchev–Trinajstić information content (AvgIpc) is 2.35. The summed E-state index contributed by atoms with van der Waals surface area (Å²) in [6.07, 6.45) is 1.12. The monoisotopic (exact) mass is 216 g/mol. The standard InChI is InChI=1S/C14H16O2/c1-3-7-14(16-2)13(10-11-15)12-8-5-4-6-9-12/h4-6,8-9,11,13-14H,10H2,1-2H3. The maximum Gasteiger partial charge on any atom is 0.125 e. The molecule has 2 heteroatoms.